The van der Waals surface area contributed by atoms with Crippen molar-refractivity contribution in [2.24, 2.45) is 7.05 Å². The summed E-state index contributed by atoms with van der Waals surface area (Å²) >= 11 is 3.35. The molecule has 0 radical (unpaired) electrons. The first-order chi connectivity index (χ1) is 7.59. The zero-order chi connectivity index (χ0) is 11.7. The molecule has 16 heavy (non-hydrogen) atoms. The monoisotopic (exact) mass is 282 g/mol. The summed E-state index contributed by atoms with van der Waals surface area (Å²) in [6, 6.07) is 1.69. The van der Waals surface area contributed by atoms with Crippen LogP contribution in [0.2, 0.25) is 0 Å². The fraction of sp³-hybridized carbons (Fsp3) is 0.300. The number of halogens is 1. The lowest BCUT2D eigenvalue weighted by atomic mass is 10.2. The molecule has 6 heteroatoms. The Hall–Kier alpha value is -1.27. The molecule has 0 saturated carbocycles. The molecule has 0 aliphatic carbocycles. The number of rotatable bonds is 2. The van der Waals surface area contributed by atoms with Gasteiger partial charge in [0.05, 0.1) is 22.1 Å². The van der Waals surface area contributed by atoms with Gasteiger partial charge in [0.15, 0.2) is 0 Å². The summed E-state index contributed by atoms with van der Waals surface area (Å²) in [6.45, 7) is 1.79. The molecule has 0 aliphatic heterocycles. The first-order valence-electron chi connectivity index (χ1n) is 4.74. The third-order valence-electron chi connectivity index (χ3n) is 2.27. The molecule has 2 aromatic rings. The predicted molar refractivity (Wildman–Crippen MR) is 61.7 cm³/mol. The Morgan fingerprint density at radius 1 is 1.50 bits per heavy atom. The van der Waals surface area contributed by atoms with E-state index in [0.717, 1.165) is 4.47 Å². The number of aliphatic hydroxyl groups is 1. The van der Waals surface area contributed by atoms with Crippen LogP contribution in [0, 0.1) is 6.92 Å². The third kappa shape index (κ3) is 1.98. The van der Waals surface area contributed by atoms with Gasteiger partial charge in [-0.1, -0.05) is 0 Å². The van der Waals surface area contributed by atoms with E-state index in [9.17, 15) is 5.11 Å². The molecule has 0 saturated heterocycles. The Kier molecular flexibility index (Phi) is 3.02. The minimum Gasteiger partial charge on any atom is -0.380 e. The minimum absolute atomic E-state index is 0.566. The number of hydrogen-bond donors (Lipinski definition) is 1. The molecule has 0 bridgehead atoms. The Bertz CT molecular complexity index is 492. The smallest absolute Gasteiger partial charge is 0.139 e. The molecule has 1 N–H and O–H groups in total. The quantitative estimate of drug-likeness (QED) is 0.904. The average Bonchev–Trinajstić information content (AvgIpc) is 2.58. The van der Waals surface area contributed by atoms with Gasteiger partial charge in [-0.3, -0.25) is 4.68 Å². The maximum Gasteiger partial charge on any atom is 0.139 e. The molecule has 0 amide bonds. The highest BCUT2D eigenvalue weighted by Gasteiger charge is 2.19. The first-order valence-corrected chi connectivity index (χ1v) is 5.54. The molecule has 1 atom stereocenters. The van der Waals surface area contributed by atoms with Crippen LogP contribution in [0.5, 0.6) is 0 Å². The molecule has 2 heterocycles. The molecular formula is C10H11BrN4O. The van der Waals surface area contributed by atoms with Crippen LogP contribution < -0.4 is 0 Å². The van der Waals surface area contributed by atoms with Gasteiger partial charge in [-0.2, -0.15) is 5.10 Å². The van der Waals surface area contributed by atoms with Crippen molar-refractivity contribution < 1.29 is 5.11 Å². The lowest BCUT2D eigenvalue weighted by molar-refractivity contribution is 0.203. The van der Waals surface area contributed by atoms with Crippen molar-refractivity contribution in [1.82, 2.24) is 19.7 Å². The van der Waals surface area contributed by atoms with Crippen LogP contribution in [-0.2, 0) is 7.05 Å². The van der Waals surface area contributed by atoms with Crippen molar-refractivity contribution in [2.45, 2.75) is 13.0 Å². The highest BCUT2D eigenvalue weighted by Crippen LogP contribution is 2.26. The van der Waals surface area contributed by atoms with E-state index in [-0.39, 0.29) is 0 Å². The highest BCUT2D eigenvalue weighted by atomic mass is 79.9. The van der Waals surface area contributed by atoms with E-state index in [1.165, 1.54) is 0 Å². The third-order valence-corrected chi connectivity index (χ3v) is 2.89. The van der Waals surface area contributed by atoms with Crippen LogP contribution in [0.3, 0.4) is 0 Å². The predicted octanol–water partition coefficient (Wildman–Crippen LogP) is 1.36. The van der Waals surface area contributed by atoms with Crippen LogP contribution in [-0.4, -0.2) is 24.9 Å². The highest BCUT2D eigenvalue weighted by molar-refractivity contribution is 9.10. The lowest BCUT2D eigenvalue weighted by Gasteiger charge is -2.11. The summed E-state index contributed by atoms with van der Waals surface area (Å²) < 4.78 is 2.38. The van der Waals surface area contributed by atoms with Gasteiger partial charge in [-0.25, -0.2) is 9.97 Å². The second-order valence-electron chi connectivity index (χ2n) is 3.43. The van der Waals surface area contributed by atoms with Crippen LogP contribution in [0.4, 0.5) is 0 Å². The topological polar surface area (TPSA) is 63.8 Å². The molecule has 0 aliphatic rings. The molecule has 2 rings (SSSR count). The van der Waals surface area contributed by atoms with Gasteiger partial charge in [0.25, 0.3) is 0 Å². The number of hydrogen-bond acceptors (Lipinski definition) is 4. The lowest BCUT2D eigenvalue weighted by Crippen LogP contribution is -2.09. The van der Waals surface area contributed by atoms with Gasteiger partial charge < -0.3 is 5.11 Å². The summed E-state index contributed by atoms with van der Waals surface area (Å²) in [5.74, 6) is 0.634. The van der Waals surface area contributed by atoms with Crippen molar-refractivity contribution in [1.29, 1.82) is 0 Å². The van der Waals surface area contributed by atoms with E-state index in [2.05, 4.69) is 31.0 Å². The molecule has 2 aromatic heterocycles. The van der Waals surface area contributed by atoms with Crippen LogP contribution >= 0.6 is 15.9 Å². The number of nitrogens with zero attached hydrogens (tertiary/aromatic N) is 4. The molecule has 1 unspecified atom stereocenters. The molecule has 0 spiro atoms. The summed E-state index contributed by atoms with van der Waals surface area (Å²) in [6.07, 6.45) is 2.47. The molecule has 0 fully saturated rings. The normalized spacial score (nSPS) is 12.8. The zero-order valence-electron chi connectivity index (χ0n) is 8.92. The van der Waals surface area contributed by atoms with Gasteiger partial charge in [-0.05, 0) is 28.9 Å². The van der Waals surface area contributed by atoms with Crippen molar-refractivity contribution >= 4 is 15.9 Å². The fourth-order valence-corrected chi connectivity index (χ4v) is 2.06. The molecular weight excluding hydrogens is 272 g/mol. The number of aromatic nitrogens is 4. The zero-order valence-corrected chi connectivity index (χ0v) is 10.5. The average molecular weight is 283 g/mol. The molecule has 5 nitrogen and oxygen atoms in total. The summed E-state index contributed by atoms with van der Waals surface area (Å²) in [5, 5.41) is 14.2. The Balaban J connectivity index is 2.43. The first kappa shape index (κ1) is 11.2. The number of aryl methyl sites for hydroxylation is 2. The van der Waals surface area contributed by atoms with Gasteiger partial charge in [-0.15, -0.1) is 0 Å². The van der Waals surface area contributed by atoms with E-state index in [4.69, 9.17) is 0 Å². The van der Waals surface area contributed by atoms with Gasteiger partial charge in [0, 0.05) is 13.2 Å². The standard InChI is InChI=1S/C10H11BrN4O/c1-6-12-4-3-8(14-6)10(16)9-7(11)5-13-15(9)2/h3-5,10,16H,1-2H3. The maximum atomic E-state index is 10.2. The maximum absolute atomic E-state index is 10.2. The SMILES string of the molecule is Cc1nccc(C(O)c2c(Br)cnn2C)n1. The van der Waals surface area contributed by atoms with E-state index >= 15 is 0 Å². The Morgan fingerprint density at radius 2 is 2.25 bits per heavy atom. The van der Waals surface area contributed by atoms with Crippen molar-refractivity contribution in [2.75, 3.05) is 0 Å². The van der Waals surface area contributed by atoms with E-state index in [0.29, 0.717) is 17.2 Å². The summed E-state index contributed by atoms with van der Waals surface area (Å²) in [5.41, 5.74) is 1.25. The Labute approximate surface area is 101 Å². The van der Waals surface area contributed by atoms with Crippen molar-refractivity contribution in [3.63, 3.8) is 0 Å². The largest absolute Gasteiger partial charge is 0.380 e. The van der Waals surface area contributed by atoms with Crippen LogP contribution in [0.1, 0.15) is 23.3 Å². The van der Waals surface area contributed by atoms with Gasteiger partial charge in [0.2, 0.25) is 0 Å². The van der Waals surface area contributed by atoms with Crippen LogP contribution in [0.25, 0.3) is 0 Å². The van der Waals surface area contributed by atoms with Crippen molar-refractivity contribution in [3.05, 3.63) is 40.1 Å². The van der Waals surface area contributed by atoms with E-state index < -0.39 is 6.10 Å². The Morgan fingerprint density at radius 3 is 2.81 bits per heavy atom. The van der Waals surface area contributed by atoms with E-state index in [1.54, 1.807) is 37.1 Å². The molecule has 84 valence electrons. The van der Waals surface area contributed by atoms with Crippen molar-refractivity contribution in [3.8, 4) is 0 Å². The summed E-state index contributed by atoms with van der Waals surface area (Å²) in [4.78, 5) is 8.18. The van der Waals surface area contributed by atoms with Gasteiger partial charge in [0.1, 0.15) is 11.9 Å². The van der Waals surface area contributed by atoms with E-state index in [1.807, 2.05) is 0 Å². The molecule has 0 aromatic carbocycles. The second-order valence-corrected chi connectivity index (χ2v) is 4.29. The minimum atomic E-state index is -0.802. The summed E-state index contributed by atoms with van der Waals surface area (Å²) in [7, 11) is 1.78. The second kappa shape index (κ2) is 4.31. The fourth-order valence-electron chi connectivity index (χ4n) is 1.49. The van der Waals surface area contributed by atoms with Gasteiger partial charge >= 0.3 is 0 Å². The van der Waals surface area contributed by atoms with Crippen LogP contribution in [0.15, 0.2) is 22.9 Å². The number of aliphatic hydroxyl groups excluding tert-OH is 1.